The van der Waals surface area contributed by atoms with Crippen LogP contribution in [0, 0.1) is 0 Å². The Morgan fingerprint density at radius 2 is 2.00 bits per heavy atom. The van der Waals surface area contributed by atoms with E-state index in [-0.39, 0.29) is 0 Å². The zero-order valence-corrected chi connectivity index (χ0v) is 5.10. The Labute approximate surface area is 44.8 Å². The van der Waals surface area contributed by atoms with E-state index in [1.165, 1.54) is 0 Å². The van der Waals surface area contributed by atoms with Crippen molar-refractivity contribution in [2.45, 2.75) is 20.8 Å². The molecule has 40 valence electrons. The minimum atomic E-state index is 1.07. The highest BCUT2D eigenvalue weighted by Crippen LogP contribution is 1.89. The molecule has 0 aromatic heterocycles. The normalized spacial score (nSPS) is 13.3. The largest absolute Gasteiger partial charge is 0.267 e. The first-order valence-corrected chi connectivity index (χ1v) is 2.43. The second kappa shape index (κ2) is 3.59. The molecular formula is C6H11N. The zero-order chi connectivity index (χ0) is 5.70. The van der Waals surface area contributed by atoms with Crippen molar-refractivity contribution in [2.24, 2.45) is 4.99 Å². The van der Waals surface area contributed by atoms with Gasteiger partial charge in [-0.2, -0.15) is 0 Å². The zero-order valence-electron chi connectivity index (χ0n) is 5.10. The second-order valence-corrected chi connectivity index (χ2v) is 1.32. The van der Waals surface area contributed by atoms with Gasteiger partial charge in [-0.15, -0.1) is 0 Å². The van der Waals surface area contributed by atoms with Gasteiger partial charge in [0.1, 0.15) is 0 Å². The third-order valence-corrected chi connectivity index (χ3v) is 0.751. The number of aliphatic imine (C=N–C) groups is 1. The van der Waals surface area contributed by atoms with Gasteiger partial charge in [-0.25, -0.2) is 0 Å². The molecule has 0 spiro atoms. The van der Waals surface area contributed by atoms with Crippen LogP contribution < -0.4 is 0 Å². The van der Waals surface area contributed by atoms with Crippen molar-refractivity contribution in [2.75, 3.05) is 0 Å². The maximum absolute atomic E-state index is 3.98. The number of nitrogens with zero attached hydrogens (tertiary/aromatic N) is 1. The summed E-state index contributed by atoms with van der Waals surface area (Å²) in [5, 5.41) is 0. The summed E-state index contributed by atoms with van der Waals surface area (Å²) < 4.78 is 0. The van der Waals surface area contributed by atoms with E-state index in [1.54, 1.807) is 6.21 Å². The monoisotopic (exact) mass is 97.1 g/mol. The van der Waals surface area contributed by atoms with Crippen LogP contribution in [-0.4, -0.2) is 6.21 Å². The van der Waals surface area contributed by atoms with E-state index in [4.69, 9.17) is 0 Å². The number of allylic oxidation sites excluding steroid dienone is 2. The van der Waals surface area contributed by atoms with Crippen molar-refractivity contribution < 1.29 is 0 Å². The molecule has 0 heterocycles. The molecule has 0 unspecified atom stereocenters. The van der Waals surface area contributed by atoms with Gasteiger partial charge in [0.05, 0.1) is 0 Å². The molecule has 7 heavy (non-hydrogen) atoms. The van der Waals surface area contributed by atoms with Crippen LogP contribution in [0.1, 0.15) is 20.8 Å². The molecule has 1 heteroatoms. The highest BCUT2D eigenvalue weighted by molar-refractivity contribution is 5.54. The van der Waals surface area contributed by atoms with Crippen molar-refractivity contribution in [1.29, 1.82) is 0 Å². The van der Waals surface area contributed by atoms with E-state index >= 15 is 0 Å². The fourth-order valence-corrected chi connectivity index (χ4v) is 0.278. The SMILES string of the molecule is C/C=N/C(C)=C/C. The van der Waals surface area contributed by atoms with Crippen LogP contribution >= 0.6 is 0 Å². The lowest BCUT2D eigenvalue weighted by Gasteiger charge is -1.81. The Balaban J connectivity index is 3.58. The maximum atomic E-state index is 3.98. The summed E-state index contributed by atoms with van der Waals surface area (Å²) in [5.41, 5.74) is 1.07. The van der Waals surface area contributed by atoms with Gasteiger partial charge in [-0.3, -0.25) is 4.99 Å². The first-order chi connectivity index (χ1) is 3.31. The van der Waals surface area contributed by atoms with Gasteiger partial charge in [0.15, 0.2) is 0 Å². The lowest BCUT2D eigenvalue weighted by molar-refractivity contribution is 1.29. The summed E-state index contributed by atoms with van der Waals surface area (Å²) in [6.45, 7) is 5.86. The predicted molar refractivity (Wildman–Crippen MR) is 33.6 cm³/mol. The number of rotatable bonds is 1. The molecule has 0 aliphatic heterocycles. The smallest absolute Gasteiger partial charge is 0.0326 e. The molecule has 0 rings (SSSR count). The Morgan fingerprint density at radius 1 is 1.43 bits per heavy atom. The summed E-state index contributed by atoms with van der Waals surface area (Å²) in [6, 6.07) is 0. The van der Waals surface area contributed by atoms with E-state index in [1.807, 2.05) is 26.8 Å². The van der Waals surface area contributed by atoms with Crippen molar-refractivity contribution >= 4 is 6.21 Å². The molecule has 0 saturated heterocycles. The average Bonchev–Trinajstić information content (AvgIpc) is 1.68. The standard InChI is InChI=1S/C6H11N/c1-4-6(3)7-5-2/h4-5H,1-3H3/b6-4+,7-5+. The maximum Gasteiger partial charge on any atom is 0.0326 e. The minimum absolute atomic E-state index is 1.07. The second-order valence-electron chi connectivity index (χ2n) is 1.32. The molecule has 0 atom stereocenters. The molecule has 0 N–H and O–H groups in total. The first-order valence-electron chi connectivity index (χ1n) is 2.43. The van der Waals surface area contributed by atoms with E-state index in [9.17, 15) is 0 Å². The fourth-order valence-electron chi connectivity index (χ4n) is 0.278. The van der Waals surface area contributed by atoms with Crippen LogP contribution in [0.5, 0.6) is 0 Å². The van der Waals surface area contributed by atoms with Crippen molar-refractivity contribution in [3.63, 3.8) is 0 Å². The third kappa shape index (κ3) is 3.23. The quantitative estimate of drug-likeness (QED) is 0.444. The van der Waals surface area contributed by atoms with Crippen LogP contribution in [0.3, 0.4) is 0 Å². The van der Waals surface area contributed by atoms with Crippen LogP contribution in [-0.2, 0) is 0 Å². The Hall–Kier alpha value is -0.590. The topological polar surface area (TPSA) is 12.4 Å². The first kappa shape index (κ1) is 6.41. The van der Waals surface area contributed by atoms with Crippen LogP contribution in [0.4, 0.5) is 0 Å². The van der Waals surface area contributed by atoms with Crippen LogP contribution in [0.15, 0.2) is 16.8 Å². The molecule has 0 aliphatic carbocycles. The van der Waals surface area contributed by atoms with E-state index < -0.39 is 0 Å². The Bertz CT molecular complexity index is 90.4. The van der Waals surface area contributed by atoms with Gasteiger partial charge in [0, 0.05) is 11.9 Å². The van der Waals surface area contributed by atoms with Gasteiger partial charge in [-0.05, 0) is 20.8 Å². The predicted octanol–water partition coefficient (Wildman–Crippen LogP) is 2.00. The fraction of sp³-hybridized carbons (Fsp3) is 0.500. The van der Waals surface area contributed by atoms with Crippen molar-refractivity contribution in [3.8, 4) is 0 Å². The van der Waals surface area contributed by atoms with Crippen LogP contribution in [0.2, 0.25) is 0 Å². The molecule has 0 fully saturated rings. The molecule has 0 radical (unpaired) electrons. The van der Waals surface area contributed by atoms with Gasteiger partial charge < -0.3 is 0 Å². The van der Waals surface area contributed by atoms with Crippen LogP contribution in [0.25, 0.3) is 0 Å². The van der Waals surface area contributed by atoms with E-state index in [0.717, 1.165) is 5.70 Å². The number of hydrogen-bond donors (Lipinski definition) is 0. The van der Waals surface area contributed by atoms with E-state index in [2.05, 4.69) is 4.99 Å². The molecule has 0 aromatic rings. The summed E-state index contributed by atoms with van der Waals surface area (Å²) in [4.78, 5) is 3.98. The van der Waals surface area contributed by atoms with Crippen molar-refractivity contribution in [3.05, 3.63) is 11.8 Å². The van der Waals surface area contributed by atoms with Gasteiger partial charge in [0.2, 0.25) is 0 Å². The number of hydrogen-bond acceptors (Lipinski definition) is 1. The third-order valence-electron chi connectivity index (χ3n) is 0.751. The molecule has 0 aromatic carbocycles. The summed E-state index contributed by atoms with van der Waals surface area (Å²) >= 11 is 0. The highest BCUT2D eigenvalue weighted by Gasteiger charge is 1.70. The molecule has 0 amide bonds. The summed E-state index contributed by atoms with van der Waals surface area (Å²) in [5.74, 6) is 0. The molecule has 0 saturated carbocycles. The minimum Gasteiger partial charge on any atom is -0.267 e. The molecular weight excluding hydrogens is 86.1 g/mol. The molecule has 0 bridgehead atoms. The van der Waals surface area contributed by atoms with Gasteiger partial charge >= 0.3 is 0 Å². The summed E-state index contributed by atoms with van der Waals surface area (Å²) in [7, 11) is 0. The Morgan fingerprint density at radius 3 is 2.14 bits per heavy atom. The van der Waals surface area contributed by atoms with E-state index in [0.29, 0.717) is 0 Å². The van der Waals surface area contributed by atoms with Crippen molar-refractivity contribution in [1.82, 2.24) is 0 Å². The van der Waals surface area contributed by atoms with Gasteiger partial charge in [-0.1, -0.05) is 6.08 Å². The molecule has 1 nitrogen and oxygen atoms in total. The lowest BCUT2D eigenvalue weighted by atomic mass is 10.5. The highest BCUT2D eigenvalue weighted by atomic mass is 14.7. The lowest BCUT2D eigenvalue weighted by Crippen LogP contribution is -1.64. The summed E-state index contributed by atoms with van der Waals surface area (Å²) in [6.07, 6.45) is 3.76. The van der Waals surface area contributed by atoms with Gasteiger partial charge in [0.25, 0.3) is 0 Å². The Kier molecular flexibility index (Phi) is 3.29. The average molecular weight is 97.2 g/mol. The molecule has 0 aliphatic rings.